The summed E-state index contributed by atoms with van der Waals surface area (Å²) in [4.78, 5) is 11.1. The Hall–Kier alpha value is -0.630. The highest BCUT2D eigenvalue weighted by molar-refractivity contribution is 9.10. The lowest BCUT2D eigenvalue weighted by Crippen LogP contribution is -2.40. The summed E-state index contributed by atoms with van der Waals surface area (Å²) < 4.78 is 26.3. The van der Waals surface area contributed by atoms with Crippen LogP contribution >= 0.6 is 27.5 Å². The minimum atomic E-state index is -3.81. The Morgan fingerprint density at radius 2 is 2.16 bits per heavy atom. The van der Waals surface area contributed by atoms with Gasteiger partial charge in [-0.3, -0.25) is 4.79 Å². The van der Waals surface area contributed by atoms with Crippen molar-refractivity contribution in [3.05, 3.63) is 27.7 Å². The molecule has 2 rings (SSSR count). The van der Waals surface area contributed by atoms with Gasteiger partial charge in [0.1, 0.15) is 6.04 Å². The zero-order chi connectivity index (χ0) is 14.2. The number of benzene rings is 1. The number of sulfonamides is 1. The summed E-state index contributed by atoms with van der Waals surface area (Å²) in [6, 6.07) is 3.23. The van der Waals surface area contributed by atoms with Gasteiger partial charge in [0.2, 0.25) is 10.0 Å². The Morgan fingerprint density at radius 3 is 2.74 bits per heavy atom. The molecule has 1 N–H and O–H groups in total. The highest BCUT2D eigenvalue weighted by Crippen LogP contribution is 2.30. The van der Waals surface area contributed by atoms with Gasteiger partial charge in [-0.25, -0.2) is 8.42 Å². The van der Waals surface area contributed by atoms with E-state index in [0.29, 0.717) is 22.3 Å². The van der Waals surface area contributed by atoms with Crippen molar-refractivity contribution in [1.29, 1.82) is 0 Å². The molecule has 0 amide bonds. The van der Waals surface area contributed by atoms with Gasteiger partial charge in [0.15, 0.2) is 0 Å². The van der Waals surface area contributed by atoms with Gasteiger partial charge in [0.25, 0.3) is 0 Å². The molecule has 0 saturated carbocycles. The zero-order valence-electron chi connectivity index (χ0n) is 9.71. The summed E-state index contributed by atoms with van der Waals surface area (Å²) in [5.41, 5.74) is 0. The maximum atomic E-state index is 12.4. The van der Waals surface area contributed by atoms with E-state index in [9.17, 15) is 13.2 Å². The van der Waals surface area contributed by atoms with Crippen molar-refractivity contribution in [3.63, 3.8) is 0 Å². The van der Waals surface area contributed by atoms with Crippen LogP contribution < -0.4 is 0 Å². The van der Waals surface area contributed by atoms with Gasteiger partial charge in [-0.15, -0.1) is 0 Å². The van der Waals surface area contributed by atoms with Crippen LogP contribution in [0.3, 0.4) is 0 Å². The van der Waals surface area contributed by atoms with Crippen LogP contribution in [0.5, 0.6) is 0 Å². The van der Waals surface area contributed by atoms with Gasteiger partial charge in [0.05, 0.1) is 9.92 Å². The molecule has 0 unspecified atom stereocenters. The largest absolute Gasteiger partial charge is 0.480 e. The first-order valence-corrected chi connectivity index (χ1v) is 8.15. The smallest absolute Gasteiger partial charge is 0.322 e. The lowest BCUT2D eigenvalue weighted by molar-refractivity contribution is -0.140. The molecule has 1 aromatic rings. The molecule has 104 valence electrons. The number of carboxylic acid groups (broad SMARTS) is 1. The van der Waals surface area contributed by atoms with E-state index in [1.807, 2.05) is 0 Å². The van der Waals surface area contributed by atoms with E-state index < -0.39 is 22.0 Å². The minimum absolute atomic E-state index is 0.0388. The molecular formula is C11H11BrClNO4S. The van der Waals surface area contributed by atoms with Gasteiger partial charge in [0, 0.05) is 11.0 Å². The third kappa shape index (κ3) is 2.79. The Bertz CT molecular complexity index is 619. The fourth-order valence-corrected chi connectivity index (χ4v) is 4.37. The molecule has 1 aliphatic rings. The zero-order valence-corrected chi connectivity index (χ0v) is 12.9. The first-order chi connectivity index (χ1) is 8.84. The summed E-state index contributed by atoms with van der Waals surface area (Å²) in [5.74, 6) is -1.12. The molecule has 0 spiro atoms. The molecule has 0 radical (unpaired) electrons. The van der Waals surface area contributed by atoms with Gasteiger partial charge in [-0.05, 0) is 47.0 Å². The highest BCUT2D eigenvalue weighted by Gasteiger charge is 2.39. The van der Waals surface area contributed by atoms with Gasteiger partial charge < -0.3 is 5.11 Å². The van der Waals surface area contributed by atoms with E-state index >= 15 is 0 Å². The average Bonchev–Trinajstić information content (AvgIpc) is 2.82. The fraction of sp³-hybridized carbons (Fsp3) is 0.364. The van der Waals surface area contributed by atoms with Gasteiger partial charge in [-0.1, -0.05) is 11.6 Å². The van der Waals surface area contributed by atoms with E-state index in [4.69, 9.17) is 16.7 Å². The van der Waals surface area contributed by atoms with Crippen LogP contribution in [0, 0.1) is 0 Å². The fourth-order valence-electron chi connectivity index (χ4n) is 2.05. The molecule has 5 nitrogen and oxygen atoms in total. The summed E-state index contributed by atoms with van der Waals surface area (Å²) in [7, 11) is -3.81. The number of nitrogens with zero attached hydrogens (tertiary/aromatic N) is 1. The molecule has 0 aliphatic carbocycles. The first-order valence-electron chi connectivity index (χ1n) is 5.54. The third-order valence-electron chi connectivity index (χ3n) is 2.99. The van der Waals surface area contributed by atoms with Crippen molar-refractivity contribution in [1.82, 2.24) is 4.31 Å². The van der Waals surface area contributed by atoms with Crippen LogP contribution in [0.2, 0.25) is 5.02 Å². The Kier molecular flexibility index (Phi) is 4.20. The average molecular weight is 369 g/mol. The molecule has 0 aromatic heterocycles. The molecule has 8 heteroatoms. The second kappa shape index (κ2) is 5.40. The molecule has 1 fully saturated rings. The standard InChI is InChI=1S/C11H11BrClNO4S/c12-8-6-7(3-4-9(8)13)19(17,18)14-5-1-2-10(14)11(15)16/h3-4,6,10H,1-2,5H2,(H,15,16)/t10-/m0/s1. The number of hydrogen-bond acceptors (Lipinski definition) is 3. The normalized spacial score (nSPS) is 20.6. The van der Waals surface area contributed by atoms with Crippen LogP contribution in [0.4, 0.5) is 0 Å². The second-order valence-corrected chi connectivity index (χ2v) is 7.34. The SMILES string of the molecule is O=C(O)[C@@H]1CCCN1S(=O)(=O)c1ccc(Cl)c(Br)c1. The van der Waals surface area contributed by atoms with Crippen LogP contribution in [0.15, 0.2) is 27.6 Å². The predicted octanol–water partition coefficient (Wildman–Crippen LogP) is 2.34. The topological polar surface area (TPSA) is 74.7 Å². The lowest BCUT2D eigenvalue weighted by atomic mass is 10.2. The number of carbonyl (C=O) groups is 1. The summed E-state index contributed by atoms with van der Waals surface area (Å²) in [6.45, 7) is 0.222. The van der Waals surface area contributed by atoms with Gasteiger partial charge in [-0.2, -0.15) is 4.31 Å². The monoisotopic (exact) mass is 367 g/mol. The van der Waals surface area contributed by atoms with Crippen molar-refractivity contribution < 1.29 is 18.3 Å². The Morgan fingerprint density at radius 1 is 1.47 bits per heavy atom. The molecule has 1 atom stereocenters. The molecule has 1 aromatic carbocycles. The number of aliphatic carboxylic acids is 1. The molecule has 0 bridgehead atoms. The second-order valence-electron chi connectivity index (χ2n) is 4.19. The number of halogens is 2. The Balaban J connectivity index is 2.42. The van der Waals surface area contributed by atoms with Crippen LogP contribution in [-0.4, -0.2) is 36.4 Å². The quantitative estimate of drug-likeness (QED) is 0.888. The van der Waals surface area contributed by atoms with E-state index in [2.05, 4.69) is 15.9 Å². The van der Waals surface area contributed by atoms with E-state index in [-0.39, 0.29) is 11.4 Å². The molecule has 1 heterocycles. The number of carboxylic acids is 1. The van der Waals surface area contributed by atoms with Crippen molar-refractivity contribution in [2.24, 2.45) is 0 Å². The molecule has 1 saturated heterocycles. The number of rotatable bonds is 3. The van der Waals surface area contributed by atoms with Gasteiger partial charge >= 0.3 is 5.97 Å². The van der Waals surface area contributed by atoms with Crippen molar-refractivity contribution in [2.45, 2.75) is 23.8 Å². The van der Waals surface area contributed by atoms with Crippen LogP contribution in [0.1, 0.15) is 12.8 Å². The van der Waals surface area contributed by atoms with E-state index in [0.717, 1.165) is 4.31 Å². The van der Waals surface area contributed by atoms with Crippen molar-refractivity contribution in [2.75, 3.05) is 6.54 Å². The molecule has 19 heavy (non-hydrogen) atoms. The predicted molar refractivity (Wildman–Crippen MR) is 73.7 cm³/mol. The molecule has 1 aliphatic heterocycles. The van der Waals surface area contributed by atoms with Crippen molar-refractivity contribution >= 4 is 43.5 Å². The maximum absolute atomic E-state index is 12.4. The summed E-state index contributed by atoms with van der Waals surface area (Å²) in [5, 5.41) is 9.45. The minimum Gasteiger partial charge on any atom is -0.480 e. The Labute approximate surface area is 124 Å². The van der Waals surface area contributed by atoms with Crippen LogP contribution in [0.25, 0.3) is 0 Å². The number of hydrogen-bond donors (Lipinski definition) is 1. The van der Waals surface area contributed by atoms with E-state index in [1.54, 1.807) is 0 Å². The summed E-state index contributed by atoms with van der Waals surface area (Å²) in [6.07, 6.45) is 0.883. The van der Waals surface area contributed by atoms with Crippen LogP contribution in [-0.2, 0) is 14.8 Å². The maximum Gasteiger partial charge on any atom is 0.322 e. The molecular weight excluding hydrogens is 358 g/mol. The lowest BCUT2D eigenvalue weighted by Gasteiger charge is -2.21. The first kappa shape index (κ1) is 14.8. The van der Waals surface area contributed by atoms with Crippen molar-refractivity contribution in [3.8, 4) is 0 Å². The third-order valence-corrected chi connectivity index (χ3v) is 6.10. The highest BCUT2D eigenvalue weighted by atomic mass is 79.9. The van der Waals surface area contributed by atoms with E-state index in [1.165, 1.54) is 18.2 Å². The summed E-state index contributed by atoms with van der Waals surface area (Å²) >= 11 is 8.98.